The molecule has 0 N–H and O–H groups in total. The van der Waals surface area contributed by atoms with Crippen LogP contribution in [0.25, 0.3) is 0 Å². The van der Waals surface area contributed by atoms with Gasteiger partial charge < -0.3 is 4.74 Å². The summed E-state index contributed by atoms with van der Waals surface area (Å²) in [6, 6.07) is 4.46. The van der Waals surface area contributed by atoms with Gasteiger partial charge in [0.15, 0.2) is 11.5 Å². The summed E-state index contributed by atoms with van der Waals surface area (Å²) < 4.78 is 5.82. The Morgan fingerprint density at radius 1 is 1.56 bits per heavy atom. The van der Waals surface area contributed by atoms with Crippen LogP contribution < -0.4 is 4.74 Å². The summed E-state index contributed by atoms with van der Waals surface area (Å²) >= 11 is 3.15. The average molecular weight is 316 g/mol. The summed E-state index contributed by atoms with van der Waals surface area (Å²) in [5.74, 6) is -0.0472. The molecule has 0 aromatic heterocycles. The average Bonchev–Trinajstić information content (AvgIpc) is 2.35. The number of halogens is 1. The maximum absolute atomic E-state index is 11.6. The van der Waals surface area contributed by atoms with Crippen LogP contribution in [0.1, 0.15) is 20.3 Å². The molecular weight excluding hydrogens is 302 g/mol. The minimum Gasteiger partial charge on any atom is -0.479 e. The molecule has 0 aliphatic rings. The summed E-state index contributed by atoms with van der Waals surface area (Å²) in [5.41, 5.74) is -0.152. The Morgan fingerprint density at radius 3 is 2.78 bits per heavy atom. The van der Waals surface area contributed by atoms with Crippen molar-refractivity contribution in [2.45, 2.75) is 20.3 Å². The van der Waals surface area contributed by atoms with E-state index >= 15 is 0 Å². The molecule has 0 aliphatic carbocycles. The van der Waals surface area contributed by atoms with Crippen LogP contribution in [-0.4, -0.2) is 17.3 Å². The van der Waals surface area contributed by atoms with Crippen LogP contribution in [0.4, 0.5) is 5.69 Å². The normalized spacial score (nSPS) is 11.9. The van der Waals surface area contributed by atoms with Crippen LogP contribution in [0.15, 0.2) is 22.7 Å². The van der Waals surface area contributed by atoms with Gasteiger partial charge in [0.2, 0.25) is 0 Å². The highest BCUT2D eigenvalue weighted by Crippen LogP contribution is 2.30. The van der Waals surface area contributed by atoms with Crippen LogP contribution in [0.3, 0.4) is 0 Å². The molecule has 0 aliphatic heterocycles. The first-order valence-corrected chi connectivity index (χ1v) is 6.34. The Labute approximate surface area is 113 Å². The molecule has 0 fully saturated rings. The number of ketones is 1. The molecule has 6 heteroatoms. The Balaban J connectivity index is 2.79. The van der Waals surface area contributed by atoms with E-state index in [1.54, 1.807) is 6.07 Å². The van der Waals surface area contributed by atoms with Crippen LogP contribution in [-0.2, 0) is 4.79 Å². The number of nitrogens with zero attached hydrogens (tertiary/aromatic N) is 1. The summed E-state index contributed by atoms with van der Waals surface area (Å²) in [5, 5.41) is 10.8. The molecule has 0 radical (unpaired) electrons. The first-order chi connectivity index (χ1) is 8.45. The third-order valence-corrected chi connectivity index (χ3v) is 3.14. The number of hydrogen-bond donors (Lipinski definition) is 0. The lowest BCUT2D eigenvalue weighted by Gasteiger charge is -2.09. The second-order valence-corrected chi connectivity index (χ2v) is 4.85. The standard InChI is InChI=1S/C12H14BrNO4/c1-3-8(2)11(15)7-18-12-5-4-9(13)6-10(12)14(16)17/h4-6,8H,3,7H2,1-2H3. The quantitative estimate of drug-likeness (QED) is 0.596. The van der Waals surface area contributed by atoms with Gasteiger partial charge in [-0.3, -0.25) is 14.9 Å². The lowest BCUT2D eigenvalue weighted by Crippen LogP contribution is -2.18. The smallest absolute Gasteiger partial charge is 0.312 e. The Bertz CT molecular complexity index is 461. The maximum Gasteiger partial charge on any atom is 0.312 e. The molecule has 98 valence electrons. The summed E-state index contributed by atoms with van der Waals surface area (Å²) in [6.07, 6.45) is 0.727. The predicted molar refractivity (Wildman–Crippen MR) is 70.8 cm³/mol. The maximum atomic E-state index is 11.6. The molecule has 1 aromatic rings. The van der Waals surface area contributed by atoms with Crippen molar-refractivity contribution >= 4 is 27.4 Å². The zero-order chi connectivity index (χ0) is 13.7. The van der Waals surface area contributed by atoms with Crippen LogP contribution >= 0.6 is 15.9 Å². The lowest BCUT2D eigenvalue weighted by molar-refractivity contribution is -0.385. The van der Waals surface area contributed by atoms with Gasteiger partial charge in [-0.25, -0.2) is 0 Å². The molecule has 18 heavy (non-hydrogen) atoms. The van der Waals surface area contributed by atoms with Gasteiger partial charge in [0.1, 0.15) is 6.61 Å². The van der Waals surface area contributed by atoms with Gasteiger partial charge >= 0.3 is 5.69 Å². The number of Topliss-reactive ketones (excluding diaryl/α,β-unsaturated/α-hetero) is 1. The van der Waals surface area contributed by atoms with Crippen molar-refractivity contribution < 1.29 is 14.5 Å². The molecule has 0 bridgehead atoms. The fourth-order valence-electron chi connectivity index (χ4n) is 1.27. The SMILES string of the molecule is CCC(C)C(=O)COc1ccc(Br)cc1[N+](=O)[O-]. The van der Waals surface area contributed by atoms with Crippen molar-refractivity contribution in [3.05, 3.63) is 32.8 Å². The minimum absolute atomic E-state index is 0.0604. The van der Waals surface area contributed by atoms with Crippen LogP contribution in [0.2, 0.25) is 0 Å². The fourth-order valence-corrected chi connectivity index (χ4v) is 1.62. The number of rotatable bonds is 6. The van der Waals surface area contributed by atoms with E-state index in [1.165, 1.54) is 12.1 Å². The van der Waals surface area contributed by atoms with E-state index < -0.39 is 4.92 Å². The molecule has 0 saturated heterocycles. The number of carbonyl (C=O) groups is 1. The number of carbonyl (C=O) groups excluding carboxylic acids is 1. The minimum atomic E-state index is -0.534. The number of nitro groups is 1. The van der Waals surface area contributed by atoms with Crippen LogP contribution in [0.5, 0.6) is 5.75 Å². The molecule has 0 spiro atoms. The molecular formula is C12H14BrNO4. The Morgan fingerprint density at radius 2 is 2.22 bits per heavy atom. The molecule has 0 amide bonds. The molecule has 1 unspecified atom stereocenters. The van der Waals surface area contributed by atoms with Crippen molar-refractivity contribution in [2.75, 3.05) is 6.61 Å². The second-order valence-electron chi connectivity index (χ2n) is 3.93. The van der Waals surface area contributed by atoms with Gasteiger partial charge in [-0.1, -0.05) is 29.8 Å². The highest BCUT2D eigenvalue weighted by Gasteiger charge is 2.18. The van der Waals surface area contributed by atoms with Crippen LogP contribution in [0, 0.1) is 16.0 Å². The molecule has 1 rings (SSSR count). The first kappa shape index (κ1) is 14.6. The Kier molecular flexibility index (Phi) is 5.27. The van der Waals surface area contributed by atoms with Crippen molar-refractivity contribution in [2.24, 2.45) is 5.92 Å². The highest BCUT2D eigenvalue weighted by molar-refractivity contribution is 9.10. The van der Waals surface area contributed by atoms with Crippen molar-refractivity contribution in [3.63, 3.8) is 0 Å². The fraction of sp³-hybridized carbons (Fsp3) is 0.417. The first-order valence-electron chi connectivity index (χ1n) is 5.55. The van der Waals surface area contributed by atoms with Gasteiger partial charge in [-0.2, -0.15) is 0 Å². The predicted octanol–water partition coefficient (Wildman–Crippen LogP) is 3.35. The van der Waals surface area contributed by atoms with Gasteiger partial charge in [0, 0.05) is 16.5 Å². The highest BCUT2D eigenvalue weighted by atomic mass is 79.9. The summed E-state index contributed by atoms with van der Waals surface area (Å²) in [7, 11) is 0. The van der Waals surface area contributed by atoms with Gasteiger partial charge in [0.05, 0.1) is 4.92 Å². The van der Waals surface area contributed by atoms with E-state index in [9.17, 15) is 14.9 Å². The number of benzene rings is 1. The Hall–Kier alpha value is -1.43. The number of hydrogen-bond acceptors (Lipinski definition) is 4. The van der Waals surface area contributed by atoms with Gasteiger partial charge in [-0.05, 0) is 18.6 Å². The molecule has 1 aromatic carbocycles. The summed E-state index contributed by atoms with van der Waals surface area (Å²) in [6.45, 7) is 3.57. The monoisotopic (exact) mass is 315 g/mol. The number of ether oxygens (including phenoxy) is 1. The molecule has 1 atom stereocenters. The third-order valence-electron chi connectivity index (χ3n) is 2.65. The molecule has 0 heterocycles. The topological polar surface area (TPSA) is 69.4 Å². The zero-order valence-corrected chi connectivity index (χ0v) is 11.8. The van der Waals surface area contributed by atoms with E-state index in [1.807, 2.05) is 13.8 Å². The van der Waals surface area contributed by atoms with Gasteiger partial charge in [0.25, 0.3) is 0 Å². The van der Waals surface area contributed by atoms with E-state index in [0.29, 0.717) is 4.47 Å². The van der Waals surface area contributed by atoms with Gasteiger partial charge in [-0.15, -0.1) is 0 Å². The van der Waals surface area contributed by atoms with E-state index in [0.717, 1.165) is 6.42 Å². The zero-order valence-electron chi connectivity index (χ0n) is 10.2. The lowest BCUT2D eigenvalue weighted by atomic mass is 10.0. The van der Waals surface area contributed by atoms with Crippen molar-refractivity contribution in [1.29, 1.82) is 0 Å². The molecule has 0 saturated carbocycles. The van der Waals surface area contributed by atoms with Crippen molar-refractivity contribution in [3.8, 4) is 5.75 Å². The number of nitro benzene ring substituents is 1. The van der Waals surface area contributed by atoms with E-state index in [4.69, 9.17) is 4.74 Å². The second kappa shape index (κ2) is 6.49. The third kappa shape index (κ3) is 3.80. The van der Waals surface area contributed by atoms with Crippen molar-refractivity contribution in [1.82, 2.24) is 0 Å². The largest absolute Gasteiger partial charge is 0.479 e. The van der Waals surface area contributed by atoms with E-state index in [-0.39, 0.29) is 29.7 Å². The summed E-state index contributed by atoms with van der Waals surface area (Å²) in [4.78, 5) is 21.9. The molecule has 5 nitrogen and oxygen atoms in total. The van der Waals surface area contributed by atoms with E-state index in [2.05, 4.69) is 15.9 Å².